The number of ether oxygens (including phenoxy) is 2. The van der Waals surface area contributed by atoms with E-state index < -0.39 is 33.1 Å². The molecule has 0 radical (unpaired) electrons. The number of aromatic hydroxyl groups is 2. The molecule has 9 heteroatoms. The molecule has 5 rings (SSSR count). The SMILES string of the molecule is COc1ccc(N(CC(C)(C)F)S(=O)(=O)[C@@H]2C[C@@H]3O[C@H]2C(c2ccc(O)cc2)=C3c2ccc(O)cc2)cc1. The Balaban J connectivity index is 1.60. The van der Waals surface area contributed by atoms with E-state index in [1.165, 1.54) is 21.0 Å². The van der Waals surface area contributed by atoms with E-state index in [0.717, 1.165) is 21.0 Å². The van der Waals surface area contributed by atoms with Crippen LogP contribution in [0.5, 0.6) is 17.2 Å². The zero-order valence-electron chi connectivity index (χ0n) is 21.3. The molecule has 200 valence electrons. The van der Waals surface area contributed by atoms with Crippen molar-refractivity contribution in [3.63, 3.8) is 0 Å². The van der Waals surface area contributed by atoms with Crippen molar-refractivity contribution in [1.29, 1.82) is 0 Å². The van der Waals surface area contributed by atoms with Crippen molar-refractivity contribution in [2.75, 3.05) is 18.0 Å². The molecule has 2 aliphatic heterocycles. The summed E-state index contributed by atoms with van der Waals surface area (Å²) >= 11 is 0. The summed E-state index contributed by atoms with van der Waals surface area (Å²) in [5.41, 5.74) is 1.63. The first-order chi connectivity index (χ1) is 18.0. The molecular weight excluding hydrogens is 509 g/mol. The average Bonchev–Trinajstić information content (AvgIpc) is 3.48. The second kappa shape index (κ2) is 9.63. The van der Waals surface area contributed by atoms with Crippen LogP contribution in [0.1, 0.15) is 31.4 Å². The van der Waals surface area contributed by atoms with Crippen molar-refractivity contribution in [3.8, 4) is 17.2 Å². The standard InChI is InChI=1S/C29H30FNO6S/c1-29(2,30)17-31(20-8-14-23(36-3)15-9-20)38(34,35)25-16-24-26(18-4-10-21(32)11-5-18)27(28(25)37-24)19-6-12-22(33)13-7-19/h4-15,24-25,28,32-33H,16-17H2,1-3H3/t24-,25+,28+/m0/s1. The van der Waals surface area contributed by atoms with Crippen LogP contribution < -0.4 is 9.04 Å². The third-order valence-electron chi connectivity index (χ3n) is 6.92. The number of phenolic OH excluding ortho intramolecular Hbond substituents is 2. The summed E-state index contributed by atoms with van der Waals surface area (Å²) < 4.78 is 56.0. The van der Waals surface area contributed by atoms with Gasteiger partial charge >= 0.3 is 0 Å². The Kier molecular flexibility index (Phi) is 6.61. The molecule has 3 atom stereocenters. The maximum atomic E-state index is 15.0. The molecule has 1 fully saturated rings. The van der Waals surface area contributed by atoms with Gasteiger partial charge in [0, 0.05) is 0 Å². The van der Waals surface area contributed by atoms with Crippen LogP contribution in [-0.2, 0) is 14.8 Å². The van der Waals surface area contributed by atoms with Gasteiger partial charge in [0.2, 0.25) is 10.0 Å². The van der Waals surface area contributed by atoms with Gasteiger partial charge in [0.25, 0.3) is 0 Å². The normalized spacial score (nSPS) is 21.1. The smallest absolute Gasteiger partial charge is 0.241 e. The van der Waals surface area contributed by atoms with Gasteiger partial charge in [-0.25, -0.2) is 12.8 Å². The van der Waals surface area contributed by atoms with Gasteiger partial charge < -0.3 is 19.7 Å². The fourth-order valence-corrected chi connectivity index (χ4v) is 7.38. The van der Waals surface area contributed by atoms with Gasteiger partial charge in [-0.1, -0.05) is 24.3 Å². The van der Waals surface area contributed by atoms with Crippen LogP contribution in [-0.4, -0.2) is 55.4 Å². The maximum Gasteiger partial charge on any atom is 0.241 e. The Hall–Kier alpha value is -3.56. The molecule has 2 aliphatic rings. The van der Waals surface area contributed by atoms with Gasteiger partial charge in [-0.15, -0.1) is 0 Å². The molecular formula is C29H30FNO6S. The van der Waals surface area contributed by atoms with Crippen LogP contribution in [0, 0.1) is 0 Å². The molecule has 7 nitrogen and oxygen atoms in total. The van der Waals surface area contributed by atoms with Crippen LogP contribution in [0.2, 0.25) is 0 Å². The molecule has 2 N–H and O–H groups in total. The Morgan fingerprint density at radius 3 is 1.95 bits per heavy atom. The van der Waals surface area contributed by atoms with E-state index in [2.05, 4.69) is 0 Å². The highest BCUT2D eigenvalue weighted by Crippen LogP contribution is 2.51. The number of sulfonamides is 1. The van der Waals surface area contributed by atoms with E-state index in [1.54, 1.807) is 72.8 Å². The number of nitrogens with zero attached hydrogens (tertiary/aromatic N) is 1. The van der Waals surface area contributed by atoms with Gasteiger partial charge in [-0.05, 0) is 91.1 Å². The molecule has 3 aromatic carbocycles. The molecule has 1 saturated heterocycles. The molecule has 38 heavy (non-hydrogen) atoms. The first-order valence-corrected chi connectivity index (χ1v) is 13.8. The van der Waals surface area contributed by atoms with Gasteiger partial charge in [0.15, 0.2) is 0 Å². The molecule has 2 bridgehead atoms. The lowest BCUT2D eigenvalue weighted by molar-refractivity contribution is 0.128. The van der Waals surface area contributed by atoms with Crippen LogP contribution in [0.3, 0.4) is 0 Å². The number of methoxy groups -OCH3 is 1. The summed E-state index contributed by atoms with van der Waals surface area (Å²) in [7, 11) is -2.58. The molecule has 0 unspecified atom stereocenters. The zero-order chi connectivity index (χ0) is 27.2. The number of anilines is 1. The minimum atomic E-state index is -4.09. The summed E-state index contributed by atoms with van der Waals surface area (Å²) in [6.07, 6.45) is -1.12. The molecule has 2 heterocycles. The molecule has 0 spiro atoms. The minimum Gasteiger partial charge on any atom is -0.508 e. The highest BCUT2D eigenvalue weighted by atomic mass is 32.2. The summed E-state index contributed by atoms with van der Waals surface area (Å²) in [5, 5.41) is 18.7. The molecule has 0 aliphatic carbocycles. The lowest BCUT2D eigenvalue weighted by atomic mass is 9.83. The third-order valence-corrected chi connectivity index (χ3v) is 9.08. The predicted octanol–water partition coefficient (Wildman–Crippen LogP) is 5.14. The fraction of sp³-hybridized carbons (Fsp3) is 0.310. The van der Waals surface area contributed by atoms with Crippen LogP contribution >= 0.6 is 0 Å². The van der Waals surface area contributed by atoms with Gasteiger partial charge in [0.1, 0.15) is 34.3 Å². The molecule has 3 aromatic rings. The fourth-order valence-electron chi connectivity index (χ4n) is 5.22. The van der Waals surface area contributed by atoms with E-state index in [0.29, 0.717) is 17.0 Å². The molecule has 0 saturated carbocycles. The van der Waals surface area contributed by atoms with E-state index in [4.69, 9.17) is 9.47 Å². The Labute approximate surface area is 221 Å². The number of fused-ring (bicyclic) bond motifs is 2. The molecule has 0 aromatic heterocycles. The van der Waals surface area contributed by atoms with Crippen LogP contribution in [0.25, 0.3) is 11.1 Å². The predicted molar refractivity (Wildman–Crippen MR) is 145 cm³/mol. The van der Waals surface area contributed by atoms with Crippen LogP contribution in [0.4, 0.5) is 10.1 Å². The van der Waals surface area contributed by atoms with E-state index >= 15 is 0 Å². The van der Waals surface area contributed by atoms with Gasteiger partial charge in [-0.3, -0.25) is 4.31 Å². The number of benzene rings is 3. The van der Waals surface area contributed by atoms with Crippen molar-refractivity contribution in [2.45, 2.75) is 43.4 Å². The number of phenols is 2. The second-order valence-corrected chi connectivity index (χ2v) is 12.3. The Bertz CT molecular complexity index is 1440. The second-order valence-electron chi connectivity index (χ2n) is 10.2. The van der Waals surface area contributed by atoms with E-state index in [9.17, 15) is 23.0 Å². The highest BCUT2D eigenvalue weighted by molar-refractivity contribution is 7.93. The topological polar surface area (TPSA) is 96.3 Å². The summed E-state index contributed by atoms with van der Waals surface area (Å²) in [5.74, 6) is 0.767. The Morgan fingerprint density at radius 2 is 1.45 bits per heavy atom. The molecule has 0 amide bonds. The van der Waals surface area contributed by atoms with Crippen molar-refractivity contribution in [1.82, 2.24) is 0 Å². The monoisotopic (exact) mass is 539 g/mol. The van der Waals surface area contributed by atoms with Gasteiger partial charge in [0.05, 0.1) is 25.4 Å². The number of halogens is 1. The van der Waals surface area contributed by atoms with Crippen molar-refractivity contribution < 1.29 is 32.5 Å². The maximum absolute atomic E-state index is 15.0. The largest absolute Gasteiger partial charge is 0.508 e. The first-order valence-electron chi connectivity index (χ1n) is 12.3. The lowest BCUT2D eigenvalue weighted by Gasteiger charge is -2.34. The Morgan fingerprint density at radius 1 is 0.921 bits per heavy atom. The number of hydrogen-bond acceptors (Lipinski definition) is 6. The van der Waals surface area contributed by atoms with Crippen LogP contribution in [0.15, 0.2) is 72.8 Å². The van der Waals surface area contributed by atoms with Gasteiger partial charge in [-0.2, -0.15) is 0 Å². The highest BCUT2D eigenvalue weighted by Gasteiger charge is 2.54. The lowest BCUT2D eigenvalue weighted by Crippen LogP contribution is -2.47. The quantitative estimate of drug-likeness (QED) is 0.412. The first kappa shape index (κ1) is 26.1. The number of hydrogen-bond donors (Lipinski definition) is 2. The van der Waals surface area contributed by atoms with E-state index in [-0.39, 0.29) is 24.5 Å². The van der Waals surface area contributed by atoms with E-state index in [1.807, 2.05) is 0 Å². The van der Waals surface area contributed by atoms with Crippen molar-refractivity contribution in [3.05, 3.63) is 83.9 Å². The summed E-state index contributed by atoms with van der Waals surface area (Å²) in [4.78, 5) is 0. The van der Waals surface area contributed by atoms with Crippen molar-refractivity contribution in [2.24, 2.45) is 0 Å². The zero-order valence-corrected chi connectivity index (χ0v) is 22.2. The third kappa shape index (κ3) is 4.83. The minimum absolute atomic E-state index is 0.0876. The summed E-state index contributed by atoms with van der Waals surface area (Å²) in [6.45, 7) is 2.33. The van der Waals surface area contributed by atoms with Crippen molar-refractivity contribution >= 4 is 26.9 Å². The number of rotatable bonds is 8. The number of alkyl halides is 1. The average molecular weight is 540 g/mol. The summed E-state index contributed by atoms with van der Waals surface area (Å²) in [6, 6.07) is 19.7.